The number of hydrogen-bond acceptors (Lipinski definition) is 2. The van der Waals surface area contributed by atoms with Crippen molar-refractivity contribution in [2.75, 3.05) is 0 Å². The monoisotopic (exact) mass is 505 g/mol. The largest absolute Gasteiger partial charge is 0.308 e. The van der Waals surface area contributed by atoms with Gasteiger partial charge in [0.05, 0.1) is 16.6 Å². The van der Waals surface area contributed by atoms with Gasteiger partial charge >= 0.3 is 0 Å². The Morgan fingerprint density at radius 1 is 0.538 bits per heavy atom. The van der Waals surface area contributed by atoms with Gasteiger partial charge in [-0.2, -0.15) is 0 Å². The second-order valence-electron chi connectivity index (χ2n) is 11.4. The molecule has 0 unspecified atom stereocenters. The van der Waals surface area contributed by atoms with Crippen LogP contribution in [0.4, 0.5) is 0 Å². The fourth-order valence-corrected chi connectivity index (χ4v) is 5.81. The van der Waals surface area contributed by atoms with E-state index in [4.69, 9.17) is 0 Å². The van der Waals surface area contributed by atoms with Gasteiger partial charge in [-0.05, 0) is 35.4 Å². The predicted octanol–water partition coefficient (Wildman–Crippen LogP) is 8.96. The van der Waals surface area contributed by atoms with E-state index in [1.165, 1.54) is 0 Å². The van der Waals surface area contributed by atoms with Gasteiger partial charge in [-0.1, -0.05) is 106 Å². The molecule has 0 atom stereocenters. The number of Topliss-reactive ketones (excluding diaryl/α,β-unsaturated/α-hetero) is 1. The molecule has 0 saturated carbocycles. The lowest BCUT2D eigenvalue weighted by Crippen LogP contribution is -2.20. The van der Waals surface area contributed by atoms with Crippen LogP contribution in [0.2, 0.25) is 0 Å². The molecule has 0 radical (unpaired) electrons. The Bertz CT molecular complexity index is 2060. The minimum atomic E-state index is -0.483. The van der Waals surface area contributed by atoms with Gasteiger partial charge in [0.15, 0.2) is 11.6 Å². The van der Waals surface area contributed by atoms with E-state index in [9.17, 15) is 9.59 Å². The third-order valence-corrected chi connectivity index (χ3v) is 7.74. The van der Waals surface area contributed by atoms with Gasteiger partial charge in [-0.15, -0.1) is 0 Å². The summed E-state index contributed by atoms with van der Waals surface area (Å²) in [4.78, 5) is 26.7. The van der Waals surface area contributed by atoms with E-state index in [1.807, 2.05) is 81.4 Å². The van der Waals surface area contributed by atoms with Crippen molar-refractivity contribution in [1.29, 1.82) is 0 Å². The molecule has 0 aliphatic rings. The summed E-state index contributed by atoms with van der Waals surface area (Å²) in [5, 5.41) is 4.47. The molecule has 188 valence electrons. The summed E-state index contributed by atoms with van der Waals surface area (Å²) in [7, 11) is 0. The molecule has 2 aromatic heterocycles. The van der Waals surface area contributed by atoms with Gasteiger partial charge < -0.3 is 4.40 Å². The molecule has 5 aromatic carbocycles. The van der Waals surface area contributed by atoms with Crippen molar-refractivity contribution in [3.8, 4) is 11.1 Å². The van der Waals surface area contributed by atoms with Gasteiger partial charge in [0.2, 0.25) is 0 Å². The van der Waals surface area contributed by atoms with Crippen molar-refractivity contribution in [2.45, 2.75) is 20.8 Å². The summed E-state index contributed by atoms with van der Waals surface area (Å²) in [5.41, 5.74) is 6.89. The lowest BCUT2D eigenvalue weighted by Gasteiger charge is -2.16. The second kappa shape index (κ2) is 8.37. The maximum atomic E-state index is 13.4. The third kappa shape index (κ3) is 3.58. The highest BCUT2D eigenvalue weighted by Gasteiger charge is 2.25. The van der Waals surface area contributed by atoms with Crippen LogP contribution in [0.1, 0.15) is 47.1 Å². The quantitative estimate of drug-likeness (QED) is 0.224. The molecular weight excluding hydrogens is 478 g/mol. The number of carbonyl (C=O) groups excluding carboxylic acids is 2. The first-order valence-corrected chi connectivity index (χ1v) is 13.3. The maximum absolute atomic E-state index is 13.4. The SMILES string of the molecule is CC(C)(C)C(=O)c1ccc2c3cc(-c4ccccc4)cc4c5ccc(C(=O)c6ccccc6)cc5n(c2c1)c43. The Hall–Kier alpha value is -4.76. The lowest BCUT2D eigenvalue weighted by atomic mass is 9.86. The zero-order chi connectivity index (χ0) is 26.9. The maximum Gasteiger partial charge on any atom is 0.193 e. The van der Waals surface area contributed by atoms with Crippen molar-refractivity contribution in [2.24, 2.45) is 5.41 Å². The molecule has 7 rings (SSSR count). The van der Waals surface area contributed by atoms with Crippen LogP contribution in [-0.4, -0.2) is 16.0 Å². The molecule has 0 fully saturated rings. The summed E-state index contributed by atoms with van der Waals surface area (Å²) >= 11 is 0. The number of rotatable bonds is 4. The molecule has 2 heterocycles. The Kier molecular flexibility index (Phi) is 5.02. The van der Waals surface area contributed by atoms with E-state index in [0.717, 1.165) is 49.2 Å². The molecule has 3 nitrogen and oxygen atoms in total. The second-order valence-corrected chi connectivity index (χ2v) is 11.4. The molecular formula is C36H27NO2. The molecule has 7 aromatic rings. The summed E-state index contributed by atoms with van der Waals surface area (Å²) in [6, 6.07) is 36.3. The normalized spacial score (nSPS) is 12.2. The molecule has 39 heavy (non-hydrogen) atoms. The topological polar surface area (TPSA) is 38.5 Å². The van der Waals surface area contributed by atoms with Gasteiger partial charge in [0.25, 0.3) is 0 Å². The fraction of sp³-hybridized carbons (Fsp3) is 0.111. The van der Waals surface area contributed by atoms with Gasteiger partial charge in [-0.25, -0.2) is 0 Å². The number of ketones is 2. The van der Waals surface area contributed by atoms with Crippen LogP contribution in [-0.2, 0) is 0 Å². The number of carbonyl (C=O) groups is 2. The van der Waals surface area contributed by atoms with E-state index in [2.05, 4.69) is 52.9 Å². The van der Waals surface area contributed by atoms with Crippen LogP contribution in [0.5, 0.6) is 0 Å². The van der Waals surface area contributed by atoms with E-state index >= 15 is 0 Å². The minimum Gasteiger partial charge on any atom is -0.308 e. The average molecular weight is 506 g/mol. The van der Waals surface area contributed by atoms with Crippen molar-refractivity contribution in [3.63, 3.8) is 0 Å². The van der Waals surface area contributed by atoms with Gasteiger partial charge in [0.1, 0.15) is 0 Å². The Morgan fingerprint density at radius 3 is 1.67 bits per heavy atom. The molecule has 0 saturated heterocycles. The Morgan fingerprint density at radius 2 is 1.08 bits per heavy atom. The predicted molar refractivity (Wildman–Crippen MR) is 160 cm³/mol. The number of nitrogens with zero attached hydrogens (tertiary/aromatic N) is 1. The molecule has 0 aliphatic carbocycles. The molecule has 0 aliphatic heterocycles. The highest BCUT2D eigenvalue weighted by atomic mass is 16.1. The van der Waals surface area contributed by atoms with Crippen LogP contribution >= 0.6 is 0 Å². The average Bonchev–Trinajstić information content (AvgIpc) is 3.47. The molecule has 0 spiro atoms. The smallest absolute Gasteiger partial charge is 0.193 e. The zero-order valence-electron chi connectivity index (χ0n) is 22.2. The van der Waals surface area contributed by atoms with Crippen LogP contribution in [0, 0.1) is 5.41 Å². The molecule has 0 amide bonds. The fourth-order valence-electron chi connectivity index (χ4n) is 5.81. The van der Waals surface area contributed by atoms with Crippen molar-refractivity contribution >= 4 is 49.7 Å². The van der Waals surface area contributed by atoms with Gasteiger partial charge in [0, 0.05) is 43.7 Å². The first-order chi connectivity index (χ1) is 18.8. The Balaban J connectivity index is 1.58. The number of fused-ring (bicyclic) bond motifs is 6. The summed E-state index contributed by atoms with van der Waals surface area (Å²) < 4.78 is 2.24. The molecule has 0 bridgehead atoms. The van der Waals surface area contributed by atoms with Crippen LogP contribution in [0.25, 0.3) is 49.2 Å². The molecule has 0 N–H and O–H groups in total. The van der Waals surface area contributed by atoms with Crippen molar-refractivity contribution in [1.82, 2.24) is 4.40 Å². The van der Waals surface area contributed by atoms with Crippen LogP contribution in [0.15, 0.2) is 109 Å². The van der Waals surface area contributed by atoms with Gasteiger partial charge in [-0.3, -0.25) is 9.59 Å². The zero-order valence-corrected chi connectivity index (χ0v) is 22.2. The third-order valence-electron chi connectivity index (χ3n) is 7.74. The summed E-state index contributed by atoms with van der Waals surface area (Å²) in [6.07, 6.45) is 0. The Labute approximate surface area is 226 Å². The lowest BCUT2D eigenvalue weighted by molar-refractivity contribution is 0.0858. The minimum absolute atomic E-state index is 0.00404. The van der Waals surface area contributed by atoms with E-state index < -0.39 is 5.41 Å². The number of aromatic nitrogens is 1. The standard InChI is InChI=1S/C36H27NO2/c1-36(2,3)35(39)25-15-17-28-30-19-26(22-10-6-4-7-11-22)18-29-27-16-14-24(34(38)23-12-8-5-9-13-23)20-31(27)37(33(29)30)32(28)21-25/h4-21H,1-3H3. The van der Waals surface area contributed by atoms with Crippen molar-refractivity contribution < 1.29 is 9.59 Å². The van der Waals surface area contributed by atoms with Crippen LogP contribution < -0.4 is 0 Å². The van der Waals surface area contributed by atoms with E-state index in [-0.39, 0.29) is 11.6 Å². The summed E-state index contributed by atoms with van der Waals surface area (Å²) in [5.74, 6) is 0.106. The highest BCUT2D eigenvalue weighted by molar-refractivity contribution is 6.25. The highest BCUT2D eigenvalue weighted by Crippen LogP contribution is 2.42. The molecule has 3 heteroatoms. The van der Waals surface area contributed by atoms with E-state index in [1.54, 1.807) is 0 Å². The first-order valence-electron chi connectivity index (χ1n) is 13.3. The first kappa shape index (κ1) is 23.4. The van der Waals surface area contributed by atoms with Crippen LogP contribution in [0.3, 0.4) is 0 Å². The van der Waals surface area contributed by atoms with E-state index in [0.29, 0.717) is 16.7 Å². The number of hydrogen-bond donors (Lipinski definition) is 0. The number of benzene rings is 5. The van der Waals surface area contributed by atoms with Crippen molar-refractivity contribution in [3.05, 3.63) is 126 Å². The summed E-state index contributed by atoms with van der Waals surface area (Å²) in [6.45, 7) is 5.86.